The highest BCUT2D eigenvalue weighted by Crippen LogP contribution is 2.28. The van der Waals surface area contributed by atoms with Crippen molar-refractivity contribution in [2.45, 2.75) is 45.8 Å². The summed E-state index contributed by atoms with van der Waals surface area (Å²) < 4.78 is 6.18. The maximum absolute atomic E-state index is 11.8. The van der Waals surface area contributed by atoms with Gasteiger partial charge in [0.2, 0.25) is 0 Å². The van der Waals surface area contributed by atoms with E-state index in [1.54, 1.807) is 6.07 Å². The second-order valence-corrected chi connectivity index (χ2v) is 6.56. The van der Waals surface area contributed by atoms with Gasteiger partial charge in [0.15, 0.2) is 0 Å². The summed E-state index contributed by atoms with van der Waals surface area (Å²) in [7, 11) is 0. The zero-order valence-electron chi connectivity index (χ0n) is 11.6. The van der Waals surface area contributed by atoms with E-state index in [0.717, 1.165) is 16.5 Å². The lowest BCUT2D eigenvalue weighted by Gasteiger charge is -2.24. The molecule has 0 aliphatic heterocycles. The van der Waals surface area contributed by atoms with E-state index < -0.39 is 11.7 Å². The molecule has 0 aliphatic carbocycles. The van der Waals surface area contributed by atoms with E-state index in [-0.39, 0.29) is 6.04 Å². The smallest absolute Gasteiger partial charge is 0.408 e. The summed E-state index contributed by atoms with van der Waals surface area (Å²) in [5.41, 5.74) is 0.439. The van der Waals surface area contributed by atoms with E-state index in [1.807, 2.05) is 39.8 Å². The summed E-state index contributed by atoms with van der Waals surface area (Å²) in [4.78, 5) is 11.8. The molecule has 0 unspecified atom stereocenters. The van der Waals surface area contributed by atoms with Crippen molar-refractivity contribution in [1.29, 1.82) is 0 Å². The first-order valence-electron chi connectivity index (χ1n) is 6.17. The average molecular weight is 349 g/mol. The molecule has 1 rings (SSSR count). The van der Waals surface area contributed by atoms with Crippen molar-refractivity contribution in [3.05, 3.63) is 33.3 Å². The third-order valence-corrected chi connectivity index (χ3v) is 3.39. The van der Waals surface area contributed by atoms with Gasteiger partial charge in [-0.15, -0.1) is 0 Å². The summed E-state index contributed by atoms with van der Waals surface area (Å²) >= 11 is 9.47. The van der Waals surface area contributed by atoms with Crippen LogP contribution in [-0.2, 0) is 4.74 Å². The first kappa shape index (κ1) is 16.3. The number of halogens is 2. The van der Waals surface area contributed by atoms with E-state index in [9.17, 15) is 4.79 Å². The number of ether oxygens (including phenoxy) is 1. The monoisotopic (exact) mass is 347 g/mol. The molecule has 0 radical (unpaired) electrons. The minimum absolute atomic E-state index is 0.136. The van der Waals surface area contributed by atoms with Gasteiger partial charge in [0.25, 0.3) is 0 Å². The van der Waals surface area contributed by atoms with E-state index in [0.29, 0.717) is 5.02 Å². The standard InChI is InChI=1S/C14H19BrClNO2/c1-5-12(17-13(18)19-14(2,3)4)10-8-9(16)6-7-11(10)15/h6-8,12H,5H2,1-4H3,(H,17,18)/t12-/m1/s1. The highest BCUT2D eigenvalue weighted by Gasteiger charge is 2.20. The van der Waals surface area contributed by atoms with Gasteiger partial charge in [0.05, 0.1) is 6.04 Å². The Balaban J connectivity index is 2.84. The molecule has 5 heteroatoms. The van der Waals surface area contributed by atoms with Crippen molar-refractivity contribution in [3.8, 4) is 0 Å². The maximum atomic E-state index is 11.8. The van der Waals surface area contributed by atoms with Crippen LogP contribution in [0.2, 0.25) is 5.02 Å². The SMILES string of the molecule is CC[C@@H](NC(=O)OC(C)(C)C)c1cc(Cl)ccc1Br. The summed E-state index contributed by atoms with van der Waals surface area (Å²) in [6.07, 6.45) is 0.323. The Hall–Kier alpha value is -0.740. The lowest BCUT2D eigenvalue weighted by Crippen LogP contribution is -2.34. The molecule has 0 aromatic heterocycles. The predicted octanol–water partition coefficient (Wildman–Crippen LogP) is 5.08. The number of rotatable bonds is 3. The molecular formula is C14H19BrClNO2. The van der Waals surface area contributed by atoms with Crippen LogP contribution in [0, 0.1) is 0 Å². The lowest BCUT2D eigenvalue weighted by atomic mass is 10.1. The minimum Gasteiger partial charge on any atom is -0.444 e. The van der Waals surface area contributed by atoms with Crippen molar-refractivity contribution in [1.82, 2.24) is 5.32 Å². The third kappa shape index (κ3) is 5.41. The van der Waals surface area contributed by atoms with Crippen LogP contribution in [0.5, 0.6) is 0 Å². The van der Waals surface area contributed by atoms with Gasteiger partial charge in [-0.05, 0) is 51.0 Å². The van der Waals surface area contributed by atoms with Crippen LogP contribution in [0.4, 0.5) is 4.79 Å². The van der Waals surface area contributed by atoms with E-state index >= 15 is 0 Å². The van der Waals surface area contributed by atoms with Crippen molar-refractivity contribution >= 4 is 33.6 Å². The normalized spacial score (nSPS) is 12.9. The fourth-order valence-corrected chi connectivity index (χ4v) is 2.33. The van der Waals surface area contributed by atoms with Gasteiger partial charge in [-0.3, -0.25) is 0 Å². The van der Waals surface area contributed by atoms with Gasteiger partial charge in [-0.1, -0.05) is 34.5 Å². The molecule has 3 nitrogen and oxygen atoms in total. The Bertz CT molecular complexity index is 457. The molecule has 1 aromatic carbocycles. The molecule has 0 spiro atoms. The fourth-order valence-electron chi connectivity index (χ4n) is 1.63. The van der Waals surface area contributed by atoms with Gasteiger partial charge < -0.3 is 10.1 Å². The van der Waals surface area contributed by atoms with E-state index in [4.69, 9.17) is 16.3 Å². The highest BCUT2D eigenvalue weighted by atomic mass is 79.9. The van der Waals surface area contributed by atoms with Gasteiger partial charge in [-0.2, -0.15) is 0 Å². The predicted molar refractivity (Wildman–Crippen MR) is 81.6 cm³/mol. The van der Waals surface area contributed by atoms with Crippen molar-refractivity contribution in [2.24, 2.45) is 0 Å². The van der Waals surface area contributed by atoms with E-state index in [2.05, 4.69) is 21.2 Å². The van der Waals surface area contributed by atoms with Crippen LogP contribution in [0.15, 0.2) is 22.7 Å². The summed E-state index contributed by atoms with van der Waals surface area (Å²) in [5.74, 6) is 0. The minimum atomic E-state index is -0.506. The molecule has 1 atom stereocenters. The Kier molecular flexibility index (Phi) is 5.68. The summed E-state index contributed by atoms with van der Waals surface area (Å²) in [5, 5.41) is 3.50. The third-order valence-electron chi connectivity index (χ3n) is 2.43. The van der Waals surface area contributed by atoms with Gasteiger partial charge in [-0.25, -0.2) is 4.79 Å². The maximum Gasteiger partial charge on any atom is 0.408 e. The van der Waals surface area contributed by atoms with Gasteiger partial charge >= 0.3 is 6.09 Å². The zero-order valence-corrected chi connectivity index (χ0v) is 13.9. The first-order valence-corrected chi connectivity index (χ1v) is 7.34. The fraction of sp³-hybridized carbons (Fsp3) is 0.500. The Labute approximate surface area is 127 Å². The van der Waals surface area contributed by atoms with Crippen molar-refractivity contribution in [2.75, 3.05) is 0 Å². The van der Waals surface area contributed by atoms with Crippen LogP contribution < -0.4 is 5.32 Å². The number of benzene rings is 1. The number of alkyl carbamates (subject to hydrolysis) is 1. The number of hydrogen-bond donors (Lipinski definition) is 1. The number of carbonyl (C=O) groups is 1. The number of carbonyl (C=O) groups excluding carboxylic acids is 1. The Morgan fingerprint density at radius 3 is 2.63 bits per heavy atom. The highest BCUT2D eigenvalue weighted by molar-refractivity contribution is 9.10. The molecule has 1 amide bonds. The summed E-state index contributed by atoms with van der Waals surface area (Å²) in [6.45, 7) is 7.50. The average Bonchev–Trinajstić information content (AvgIpc) is 2.27. The molecule has 0 bridgehead atoms. The Morgan fingerprint density at radius 1 is 1.47 bits per heavy atom. The molecule has 0 fully saturated rings. The molecule has 0 saturated heterocycles. The molecule has 0 saturated carbocycles. The molecule has 0 heterocycles. The van der Waals surface area contributed by atoms with Gasteiger partial charge in [0.1, 0.15) is 5.60 Å². The second kappa shape index (κ2) is 6.62. The van der Waals surface area contributed by atoms with Crippen LogP contribution in [0.25, 0.3) is 0 Å². The zero-order chi connectivity index (χ0) is 14.6. The molecule has 1 N–H and O–H groups in total. The van der Waals surface area contributed by atoms with Crippen molar-refractivity contribution < 1.29 is 9.53 Å². The molecular weight excluding hydrogens is 330 g/mol. The first-order chi connectivity index (χ1) is 8.73. The number of amides is 1. The van der Waals surface area contributed by atoms with E-state index in [1.165, 1.54) is 0 Å². The molecule has 0 aliphatic rings. The second-order valence-electron chi connectivity index (χ2n) is 5.27. The van der Waals surface area contributed by atoms with Crippen LogP contribution in [-0.4, -0.2) is 11.7 Å². The number of nitrogens with one attached hydrogen (secondary N) is 1. The Morgan fingerprint density at radius 2 is 2.11 bits per heavy atom. The molecule has 1 aromatic rings. The molecule has 19 heavy (non-hydrogen) atoms. The molecule has 106 valence electrons. The van der Waals surface area contributed by atoms with Gasteiger partial charge in [0, 0.05) is 9.50 Å². The van der Waals surface area contributed by atoms with Crippen LogP contribution in [0.1, 0.15) is 45.7 Å². The lowest BCUT2D eigenvalue weighted by molar-refractivity contribution is 0.0502. The van der Waals surface area contributed by atoms with Crippen molar-refractivity contribution in [3.63, 3.8) is 0 Å². The summed E-state index contributed by atoms with van der Waals surface area (Å²) in [6, 6.07) is 5.38. The quantitative estimate of drug-likeness (QED) is 0.827. The topological polar surface area (TPSA) is 38.3 Å². The number of hydrogen-bond acceptors (Lipinski definition) is 2. The van der Waals surface area contributed by atoms with Crippen LogP contribution >= 0.6 is 27.5 Å². The largest absolute Gasteiger partial charge is 0.444 e. The van der Waals surface area contributed by atoms with Crippen LogP contribution in [0.3, 0.4) is 0 Å².